The predicted octanol–water partition coefficient (Wildman–Crippen LogP) is 3.72. The highest BCUT2D eigenvalue weighted by atomic mass is 32.2. The van der Waals surface area contributed by atoms with E-state index in [0.717, 1.165) is 32.1 Å². The normalized spacial score (nSPS) is 32.1. The minimum absolute atomic E-state index is 0.0299. The number of likely N-dealkylation sites (tertiary alicyclic amines) is 1. The Hall–Kier alpha value is -0.280. The third kappa shape index (κ3) is 10.1. The van der Waals surface area contributed by atoms with Crippen LogP contribution in [-0.4, -0.2) is 95.0 Å². The summed E-state index contributed by atoms with van der Waals surface area (Å²) in [6.45, 7) is 4.62. The molecule has 13 heteroatoms. The number of rotatable bonds is 18. The van der Waals surface area contributed by atoms with Gasteiger partial charge in [0.2, 0.25) is 0 Å². The van der Waals surface area contributed by atoms with Crippen molar-refractivity contribution < 1.29 is 27.1 Å². The molecule has 2 saturated carbocycles. The summed E-state index contributed by atoms with van der Waals surface area (Å²) < 4.78 is 68.3. The van der Waals surface area contributed by atoms with Gasteiger partial charge in [0.25, 0.3) is 0 Å². The van der Waals surface area contributed by atoms with Gasteiger partial charge >= 0.3 is 6.18 Å². The number of unbranched alkanes of at least 4 members (excludes halogenated alkanes) is 2. The zero-order valence-corrected chi connectivity index (χ0v) is 25.3. The lowest BCUT2D eigenvalue weighted by atomic mass is 9.89. The molecule has 240 valence electrons. The van der Waals surface area contributed by atoms with Crippen molar-refractivity contribution in [3.8, 4) is 0 Å². The first-order chi connectivity index (χ1) is 19.4. The molecule has 2 heterocycles. The van der Waals surface area contributed by atoms with Gasteiger partial charge in [-0.15, -0.1) is 11.8 Å². The highest BCUT2D eigenvalue weighted by Crippen LogP contribution is 2.47. The molecule has 2 saturated heterocycles. The van der Waals surface area contributed by atoms with Crippen LogP contribution < -0.4 is 27.0 Å². The maximum atomic E-state index is 15.9. The van der Waals surface area contributed by atoms with Crippen molar-refractivity contribution >= 4 is 11.8 Å². The van der Waals surface area contributed by atoms with E-state index in [1.54, 1.807) is 16.7 Å². The van der Waals surface area contributed by atoms with E-state index in [4.69, 9.17) is 5.73 Å². The average molecular weight is 615 g/mol. The first kappa shape index (κ1) is 33.6. The van der Waals surface area contributed by atoms with Crippen molar-refractivity contribution in [2.75, 3.05) is 19.0 Å². The molecular weight excluding hydrogens is 563 g/mol. The van der Waals surface area contributed by atoms with Crippen LogP contribution in [0.4, 0.5) is 22.0 Å². The van der Waals surface area contributed by atoms with Crippen LogP contribution in [0, 0.1) is 5.92 Å². The number of hydrogen-bond acceptors (Lipinski definition) is 8. The van der Waals surface area contributed by atoms with Gasteiger partial charge in [0.15, 0.2) is 6.17 Å². The van der Waals surface area contributed by atoms with E-state index >= 15 is 4.39 Å². The summed E-state index contributed by atoms with van der Waals surface area (Å²) in [5.74, 6) is 0.584. The molecule has 4 rings (SSSR count). The zero-order chi connectivity index (χ0) is 29.8. The third-order valence-electron chi connectivity index (χ3n) is 9.29. The Morgan fingerprint density at radius 2 is 1.80 bits per heavy atom. The molecule has 0 aromatic rings. The molecule has 7 unspecified atom stereocenters. The van der Waals surface area contributed by atoms with Crippen LogP contribution in [0.15, 0.2) is 0 Å². The summed E-state index contributed by atoms with van der Waals surface area (Å²) in [4.78, 5) is 1.71. The molecule has 2 aliphatic heterocycles. The van der Waals surface area contributed by atoms with E-state index in [1.807, 2.05) is 0 Å². The van der Waals surface area contributed by atoms with E-state index in [9.17, 15) is 22.7 Å². The number of alkyl halides is 5. The quantitative estimate of drug-likeness (QED) is 0.0601. The first-order valence-electron chi connectivity index (χ1n) is 15.6. The molecule has 7 atom stereocenters. The summed E-state index contributed by atoms with van der Waals surface area (Å²) in [5.41, 5.74) is 5.11. The van der Waals surface area contributed by atoms with Gasteiger partial charge in [-0.2, -0.15) is 13.2 Å². The van der Waals surface area contributed by atoms with Crippen LogP contribution in [-0.2, 0) is 0 Å². The third-order valence-corrected chi connectivity index (χ3v) is 10.6. The molecule has 0 spiro atoms. The molecular formula is C28H51F5N6OS. The van der Waals surface area contributed by atoms with E-state index in [1.165, 1.54) is 19.3 Å². The smallest absolute Gasteiger partial charge is 0.378 e. The first-order valence-corrected chi connectivity index (χ1v) is 16.6. The highest BCUT2D eigenvalue weighted by molar-refractivity contribution is 7.99. The molecule has 7 N–H and O–H groups in total. The van der Waals surface area contributed by atoms with Crippen LogP contribution in [0.25, 0.3) is 0 Å². The van der Waals surface area contributed by atoms with Gasteiger partial charge in [-0.05, 0) is 57.8 Å². The largest absolute Gasteiger partial charge is 0.392 e. The molecule has 0 radical (unpaired) electrons. The lowest BCUT2D eigenvalue weighted by molar-refractivity contribution is -0.158. The fourth-order valence-corrected chi connectivity index (χ4v) is 7.63. The fraction of sp³-hybridized carbons (Fsp3) is 1.00. The maximum Gasteiger partial charge on any atom is 0.392 e. The van der Waals surface area contributed by atoms with Gasteiger partial charge in [0.1, 0.15) is 11.9 Å². The molecule has 7 nitrogen and oxygen atoms in total. The second-order valence-electron chi connectivity index (χ2n) is 12.9. The summed E-state index contributed by atoms with van der Waals surface area (Å²) in [7, 11) is 0. The number of nitrogens with two attached hydrogens (primary N) is 1. The Morgan fingerprint density at radius 1 is 1.12 bits per heavy atom. The Labute approximate surface area is 246 Å². The van der Waals surface area contributed by atoms with Crippen molar-refractivity contribution in [2.24, 2.45) is 11.7 Å². The van der Waals surface area contributed by atoms with E-state index in [2.05, 4.69) is 35.1 Å². The second kappa shape index (κ2) is 14.7. The lowest BCUT2D eigenvalue weighted by Crippen LogP contribution is -2.70. The van der Waals surface area contributed by atoms with Gasteiger partial charge < -0.3 is 16.2 Å². The minimum Gasteiger partial charge on any atom is -0.378 e. The Bertz CT molecular complexity index is 796. The molecule has 4 fully saturated rings. The number of aliphatic hydroxyl groups excluding tert-OH is 1. The number of hydrogen-bond donors (Lipinski definition) is 6. The van der Waals surface area contributed by atoms with Crippen molar-refractivity contribution in [3.63, 3.8) is 0 Å². The summed E-state index contributed by atoms with van der Waals surface area (Å²) in [6.07, 6.45) is -0.878. The van der Waals surface area contributed by atoms with Crippen molar-refractivity contribution in [2.45, 2.75) is 150 Å². The number of nitrogens with zero attached hydrogens (tertiary/aromatic N) is 1. The SMILES string of the molecule is CCCCCC1NC1C(C)NC(NCSC1CCC(NC(O)CC(F)(F)F)CC1)C(F)C(N)N1CC(F)(C2CC2)C1. The average Bonchev–Trinajstić information content (AvgIpc) is 3.80. The number of nitrogens with one attached hydrogen (secondary N) is 4. The molecule has 0 aromatic heterocycles. The molecule has 41 heavy (non-hydrogen) atoms. The van der Waals surface area contributed by atoms with Gasteiger partial charge in [-0.3, -0.25) is 20.9 Å². The Kier molecular flexibility index (Phi) is 12.0. The van der Waals surface area contributed by atoms with Crippen LogP contribution >= 0.6 is 11.8 Å². The summed E-state index contributed by atoms with van der Waals surface area (Å²) in [5, 5.41) is 22.9. The van der Waals surface area contributed by atoms with Crippen LogP contribution in [0.1, 0.15) is 84.5 Å². The van der Waals surface area contributed by atoms with Crippen LogP contribution in [0.5, 0.6) is 0 Å². The fourth-order valence-electron chi connectivity index (χ4n) is 6.51. The van der Waals surface area contributed by atoms with Crippen molar-refractivity contribution in [1.82, 2.24) is 26.2 Å². The van der Waals surface area contributed by atoms with E-state index < -0.39 is 43.0 Å². The molecule has 2 aliphatic carbocycles. The number of halogens is 5. The Morgan fingerprint density at radius 3 is 2.41 bits per heavy atom. The van der Waals surface area contributed by atoms with Gasteiger partial charge in [-0.25, -0.2) is 8.78 Å². The van der Waals surface area contributed by atoms with Crippen molar-refractivity contribution in [3.05, 3.63) is 0 Å². The molecule has 0 amide bonds. The topological polar surface area (TPSA) is 108 Å². The van der Waals surface area contributed by atoms with Crippen molar-refractivity contribution in [1.29, 1.82) is 0 Å². The predicted molar refractivity (Wildman–Crippen MR) is 154 cm³/mol. The molecule has 0 aromatic carbocycles. The van der Waals surface area contributed by atoms with E-state index in [-0.39, 0.29) is 37.1 Å². The minimum atomic E-state index is -4.41. The van der Waals surface area contributed by atoms with Gasteiger partial charge in [-0.1, -0.05) is 26.2 Å². The lowest BCUT2D eigenvalue weighted by Gasteiger charge is -2.49. The second-order valence-corrected chi connectivity index (χ2v) is 14.2. The Balaban J connectivity index is 1.23. The standard InChI is InChI=1S/C28H51F5N6OS/c1-3-4-5-6-21-24(38-21)17(2)36-26(23(29)25(34)39-14-27(30,15-39)18-7-8-18)35-16-41-20-11-9-19(10-12-20)37-22(40)13-28(31,32)33/h17-26,35-38,40H,3-16,34H2,1-2H3. The summed E-state index contributed by atoms with van der Waals surface area (Å²) in [6, 6.07) is 0.597. The monoisotopic (exact) mass is 614 g/mol. The highest BCUT2D eigenvalue weighted by Gasteiger charge is 2.56. The maximum absolute atomic E-state index is 15.9. The number of aliphatic hydroxyl groups is 1. The van der Waals surface area contributed by atoms with Crippen LogP contribution in [0.3, 0.4) is 0 Å². The van der Waals surface area contributed by atoms with E-state index in [0.29, 0.717) is 30.0 Å². The van der Waals surface area contributed by atoms with Gasteiger partial charge in [0.05, 0.1) is 18.8 Å². The number of thioether (sulfide) groups is 1. The molecule has 4 aliphatic rings. The summed E-state index contributed by atoms with van der Waals surface area (Å²) >= 11 is 1.67. The molecule has 0 bridgehead atoms. The zero-order valence-electron chi connectivity index (χ0n) is 24.4. The van der Waals surface area contributed by atoms with Crippen LogP contribution in [0.2, 0.25) is 0 Å². The van der Waals surface area contributed by atoms with Gasteiger partial charge in [0, 0.05) is 48.4 Å².